The van der Waals surface area contributed by atoms with Crippen molar-refractivity contribution in [1.82, 2.24) is 0 Å². The summed E-state index contributed by atoms with van der Waals surface area (Å²) in [7, 11) is 1.51. The summed E-state index contributed by atoms with van der Waals surface area (Å²) in [6.07, 6.45) is 0. The number of nitro benzene ring substituents is 1. The van der Waals surface area contributed by atoms with Crippen LogP contribution in [0.2, 0.25) is 0 Å². The number of ether oxygens (including phenoxy) is 1. The second-order valence-electron chi connectivity index (χ2n) is 4.87. The molecule has 0 unspecified atom stereocenters. The van der Waals surface area contributed by atoms with E-state index in [1.807, 2.05) is 0 Å². The van der Waals surface area contributed by atoms with Gasteiger partial charge in [-0.2, -0.15) is 0 Å². The lowest BCUT2D eigenvalue weighted by Crippen LogP contribution is -2.21. The van der Waals surface area contributed by atoms with Crippen molar-refractivity contribution >= 4 is 28.9 Å². The minimum atomic E-state index is -0.889. The number of benzene rings is 2. The van der Waals surface area contributed by atoms with Gasteiger partial charge >= 0.3 is 5.97 Å². The molecule has 8 nitrogen and oxygen atoms in total. The first-order valence-corrected chi connectivity index (χ1v) is 7.09. The normalized spacial score (nSPS) is 10.0. The standard InChI is InChI=1S/C16H14FN3O5/c1-18-13-6-5-10(7-14(13)20(23)24)16(22)25-9-15(21)19-12-4-2-3-11(17)8-12/h2-8,18H,9H2,1H3,(H,19,21). The Morgan fingerprint density at radius 3 is 2.64 bits per heavy atom. The van der Waals surface area contributed by atoms with Gasteiger partial charge in [0.15, 0.2) is 6.61 Å². The van der Waals surface area contributed by atoms with Crippen LogP contribution in [0.1, 0.15) is 10.4 Å². The molecule has 0 saturated carbocycles. The Balaban J connectivity index is 1.99. The van der Waals surface area contributed by atoms with Gasteiger partial charge in [0, 0.05) is 18.8 Å². The second-order valence-corrected chi connectivity index (χ2v) is 4.87. The molecule has 2 N–H and O–H groups in total. The van der Waals surface area contributed by atoms with Gasteiger partial charge in [-0.1, -0.05) is 6.07 Å². The lowest BCUT2D eigenvalue weighted by Gasteiger charge is -2.08. The van der Waals surface area contributed by atoms with Crippen molar-refractivity contribution in [3.8, 4) is 0 Å². The average molecular weight is 347 g/mol. The Kier molecular flexibility index (Phi) is 5.62. The van der Waals surface area contributed by atoms with Gasteiger partial charge in [0.2, 0.25) is 0 Å². The van der Waals surface area contributed by atoms with Crippen LogP contribution in [-0.2, 0) is 9.53 Å². The van der Waals surface area contributed by atoms with Crippen LogP contribution in [0.25, 0.3) is 0 Å². The van der Waals surface area contributed by atoms with Crippen molar-refractivity contribution in [3.63, 3.8) is 0 Å². The van der Waals surface area contributed by atoms with Crippen molar-refractivity contribution in [2.24, 2.45) is 0 Å². The fourth-order valence-electron chi connectivity index (χ4n) is 2.00. The van der Waals surface area contributed by atoms with Gasteiger partial charge in [-0.05, 0) is 30.3 Å². The topological polar surface area (TPSA) is 111 Å². The molecule has 0 saturated heterocycles. The van der Waals surface area contributed by atoms with Crippen molar-refractivity contribution < 1.29 is 23.6 Å². The lowest BCUT2D eigenvalue weighted by molar-refractivity contribution is -0.384. The zero-order valence-electron chi connectivity index (χ0n) is 13.1. The van der Waals surface area contributed by atoms with Gasteiger partial charge in [0.25, 0.3) is 11.6 Å². The number of carbonyl (C=O) groups excluding carboxylic acids is 2. The Bertz CT molecular complexity index is 825. The molecule has 0 aliphatic heterocycles. The summed E-state index contributed by atoms with van der Waals surface area (Å²) >= 11 is 0. The molecule has 0 heterocycles. The predicted molar refractivity (Wildman–Crippen MR) is 88.0 cm³/mol. The van der Waals surface area contributed by atoms with Gasteiger partial charge in [0.1, 0.15) is 11.5 Å². The van der Waals surface area contributed by atoms with Gasteiger partial charge in [-0.15, -0.1) is 0 Å². The van der Waals surface area contributed by atoms with Crippen molar-refractivity contribution in [2.75, 3.05) is 24.3 Å². The largest absolute Gasteiger partial charge is 0.452 e. The van der Waals surface area contributed by atoms with Crippen molar-refractivity contribution in [2.45, 2.75) is 0 Å². The van der Waals surface area contributed by atoms with E-state index in [1.165, 1.54) is 37.4 Å². The fraction of sp³-hybridized carbons (Fsp3) is 0.125. The van der Waals surface area contributed by atoms with E-state index in [-0.39, 0.29) is 22.6 Å². The highest BCUT2D eigenvalue weighted by Crippen LogP contribution is 2.25. The Hall–Kier alpha value is -3.49. The lowest BCUT2D eigenvalue weighted by atomic mass is 10.1. The summed E-state index contributed by atoms with van der Waals surface area (Å²) in [5.41, 5.74) is 0.103. The zero-order chi connectivity index (χ0) is 18.4. The SMILES string of the molecule is CNc1ccc(C(=O)OCC(=O)Nc2cccc(F)c2)cc1[N+](=O)[O-]. The third-order valence-electron chi connectivity index (χ3n) is 3.14. The number of nitrogens with zero attached hydrogens (tertiary/aromatic N) is 1. The summed E-state index contributed by atoms with van der Waals surface area (Å²) < 4.78 is 17.8. The second kappa shape index (κ2) is 7.86. The molecule has 2 rings (SSSR count). The number of halogens is 1. The van der Waals surface area contributed by atoms with Crippen LogP contribution in [0.15, 0.2) is 42.5 Å². The van der Waals surface area contributed by atoms with E-state index in [0.29, 0.717) is 0 Å². The molecule has 130 valence electrons. The van der Waals surface area contributed by atoms with Crippen molar-refractivity contribution in [3.05, 3.63) is 64.0 Å². The molecule has 0 aliphatic rings. The number of nitro groups is 1. The minimum absolute atomic E-state index is 0.0655. The number of carbonyl (C=O) groups is 2. The highest BCUT2D eigenvalue weighted by atomic mass is 19.1. The molecule has 9 heteroatoms. The quantitative estimate of drug-likeness (QED) is 0.472. The van der Waals surface area contributed by atoms with Gasteiger partial charge in [-0.25, -0.2) is 9.18 Å². The summed E-state index contributed by atoms with van der Waals surface area (Å²) in [6, 6.07) is 8.98. The van der Waals surface area contributed by atoms with E-state index in [4.69, 9.17) is 4.74 Å². The van der Waals surface area contributed by atoms with Crippen molar-refractivity contribution in [1.29, 1.82) is 0 Å². The first-order valence-electron chi connectivity index (χ1n) is 7.09. The number of hydrogen-bond donors (Lipinski definition) is 2. The number of hydrogen-bond acceptors (Lipinski definition) is 6. The van der Waals surface area contributed by atoms with E-state index in [1.54, 1.807) is 0 Å². The molecular formula is C16H14FN3O5. The zero-order valence-corrected chi connectivity index (χ0v) is 13.1. The van der Waals surface area contributed by atoms with E-state index >= 15 is 0 Å². The van der Waals surface area contributed by atoms with Gasteiger partial charge < -0.3 is 15.4 Å². The number of esters is 1. The van der Waals surface area contributed by atoms with E-state index in [0.717, 1.165) is 12.1 Å². The maximum absolute atomic E-state index is 13.0. The van der Waals surface area contributed by atoms with Crippen LogP contribution in [0.5, 0.6) is 0 Å². The summed E-state index contributed by atoms with van der Waals surface area (Å²) in [5.74, 6) is -2.08. The monoisotopic (exact) mass is 347 g/mol. The Labute approximate surface area is 141 Å². The summed E-state index contributed by atoms with van der Waals surface area (Å²) in [4.78, 5) is 34.0. The molecule has 2 aromatic carbocycles. The van der Waals surface area contributed by atoms with Gasteiger partial charge in [0.05, 0.1) is 10.5 Å². The third kappa shape index (κ3) is 4.74. The molecule has 25 heavy (non-hydrogen) atoms. The minimum Gasteiger partial charge on any atom is -0.452 e. The predicted octanol–water partition coefficient (Wildman–Crippen LogP) is 2.57. The fourth-order valence-corrected chi connectivity index (χ4v) is 2.00. The Morgan fingerprint density at radius 1 is 1.24 bits per heavy atom. The molecule has 1 amide bonds. The van der Waals surface area contributed by atoms with Gasteiger partial charge in [-0.3, -0.25) is 14.9 Å². The highest BCUT2D eigenvalue weighted by molar-refractivity contribution is 5.96. The van der Waals surface area contributed by atoms with Crippen LogP contribution in [0, 0.1) is 15.9 Å². The third-order valence-corrected chi connectivity index (χ3v) is 3.14. The molecule has 0 fully saturated rings. The molecule has 0 radical (unpaired) electrons. The van der Waals surface area contributed by atoms with Crippen LogP contribution in [0.3, 0.4) is 0 Å². The Morgan fingerprint density at radius 2 is 2.00 bits per heavy atom. The highest BCUT2D eigenvalue weighted by Gasteiger charge is 2.18. The number of amides is 1. The van der Waals surface area contributed by atoms with E-state index < -0.39 is 29.2 Å². The molecule has 0 spiro atoms. The van der Waals surface area contributed by atoms with E-state index in [2.05, 4.69) is 10.6 Å². The number of nitrogens with one attached hydrogen (secondary N) is 2. The molecule has 0 aromatic heterocycles. The molecule has 2 aromatic rings. The van der Waals surface area contributed by atoms with E-state index in [9.17, 15) is 24.1 Å². The van der Waals surface area contributed by atoms with Crippen LogP contribution in [0.4, 0.5) is 21.5 Å². The van der Waals surface area contributed by atoms with Crippen LogP contribution in [-0.4, -0.2) is 30.5 Å². The average Bonchev–Trinajstić information content (AvgIpc) is 2.59. The first-order chi connectivity index (χ1) is 11.9. The maximum atomic E-state index is 13.0. The number of rotatable bonds is 6. The number of anilines is 2. The van der Waals surface area contributed by atoms with Crippen LogP contribution < -0.4 is 10.6 Å². The summed E-state index contributed by atoms with van der Waals surface area (Å²) in [6.45, 7) is -0.614. The molecule has 0 aliphatic carbocycles. The van der Waals surface area contributed by atoms with Crippen LogP contribution >= 0.6 is 0 Å². The molecule has 0 bridgehead atoms. The molecular weight excluding hydrogens is 333 g/mol. The first kappa shape index (κ1) is 17.9. The molecule has 0 atom stereocenters. The maximum Gasteiger partial charge on any atom is 0.338 e. The summed E-state index contributed by atoms with van der Waals surface area (Å²) in [5, 5.41) is 16.0. The smallest absolute Gasteiger partial charge is 0.338 e.